The molecule has 0 aliphatic heterocycles. The zero-order chi connectivity index (χ0) is 27.6. The Balaban J connectivity index is 3.15. The number of benzene rings is 2. The third-order valence-corrected chi connectivity index (χ3v) is 7.58. The zero-order valence-electron chi connectivity index (χ0n) is 26.4. The normalized spacial score (nSPS) is 14.4. The van der Waals surface area contributed by atoms with Crippen LogP contribution in [0.25, 0.3) is 0 Å². The molecule has 0 unspecified atom stereocenters. The molecule has 0 N–H and O–H groups in total. The van der Waals surface area contributed by atoms with Crippen LogP contribution in [0.2, 0.25) is 0 Å². The molecule has 0 heteroatoms. The molecule has 0 bridgehead atoms. The van der Waals surface area contributed by atoms with Gasteiger partial charge in [0, 0.05) is 5.41 Å². The molecular weight excluding hydrogens is 420 g/mol. The van der Waals surface area contributed by atoms with Crippen LogP contribution in [0.4, 0.5) is 0 Å². The monoisotopic (exact) mass is 476 g/mol. The Kier molecular flexibility index (Phi) is 7.44. The predicted molar refractivity (Wildman–Crippen MR) is 159 cm³/mol. The molecule has 0 aromatic heterocycles. The molecule has 196 valence electrons. The van der Waals surface area contributed by atoms with Crippen molar-refractivity contribution in [2.45, 2.75) is 150 Å². The molecule has 0 aliphatic carbocycles. The minimum atomic E-state index is -0.145. The van der Waals surface area contributed by atoms with Crippen LogP contribution in [-0.2, 0) is 32.5 Å². The molecule has 0 radical (unpaired) electrons. The summed E-state index contributed by atoms with van der Waals surface area (Å²) in [4.78, 5) is 0. The highest BCUT2D eigenvalue weighted by Gasteiger charge is 2.39. The van der Waals surface area contributed by atoms with Crippen LogP contribution in [-0.4, -0.2) is 0 Å². The van der Waals surface area contributed by atoms with Crippen molar-refractivity contribution in [1.82, 2.24) is 0 Å². The quantitative estimate of drug-likeness (QED) is 0.404. The van der Waals surface area contributed by atoms with Crippen LogP contribution >= 0.6 is 0 Å². The van der Waals surface area contributed by atoms with Gasteiger partial charge in [-0.3, -0.25) is 0 Å². The lowest BCUT2D eigenvalue weighted by Crippen LogP contribution is -2.34. The molecule has 0 amide bonds. The maximum atomic E-state index is 2.50. The van der Waals surface area contributed by atoms with Crippen LogP contribution in [0.1, 0.15) is 157 Å². The van der Waals surface area contributed by atoms with Crippen LogP contribution in [0.3, 0.4) is 0 Å². The van der Waals surface area contributed by atoms with Gasteiger partial charge in [0.25, 0.3) is 0 Å². The largest absolute Gasteiger partial charge is 0.0579 e. The highest BCUT2D eigenvalue weighted by Crippen LogP contribution is 2.48. The highest BCUT2D eigenvalue weighted by molar-refractivity contribution is 5.57. The fourth-order valence-corrected chi connectivity index (χ4v) is 5.28. The summed E-state index contributed by atoms with van der Waals surface area (Å²) < 4.78 is 0. The number of rotatable bonds is 2. The minimum Gasteiger partial charge on any atom is -0.0579 e. The van der Waals surface area contributed by atoms with Gasteiger partial charge in [0.2, 0.25) is 0 Å². The second kappa shape index (κ2) is 8.78. The van der Waals surface area contributed by atoms with E-state index >= 15 is 0 Å². The first kappa shape index (κ1) is 29.7. The van der Waals surface area contributed by atoms with Gasteiger partial charge >= 0.3 is 0 Å². The second-order valence-electron chi connectivity index (χ2n) is 16.6. The summed E-state index contributed by atoms with van der Waals surface area (Å²) in [6, 6.07) is 12.3. The third kappa shape index (κ3) is 6.23. The fraction of sp³-hybridized carbons (Fsp3) is 0.657. The van der Waals surface area contributed by atoms with Crippen molar-refractivity contribution in [3.63, 3.8) is 0 Å². The van der Waals surface area contributed by atoms with Crippen molar-refractivity contribution in [2.75, 3.05) is 0 Å². The maximum Gasteiger partial charge on any atom is 0.0152 e. The molecule has 0 fully saturated rings. The van der Waals surface area contributed by atoms with Gasteiger partial charge in [0.15, 0.2) is 0 Å². The van der Waals surface area contributed by atoms with E-state index in [0.29, 0.717) is 0 Å². The second-order valence-corrected chi connectivity index (χ2v) is 16.6. The molecule has 2 rings (SSSR count). The van der Waals surface area contributed by atoms with Gasteiger partial charge in [0.05, 0.1) is 0 Å². The van der Waals surface area contributed by atoms with Gasteiger partial charge in [-0.1, -0.05) is 148 Å². The maximum absolute atomic E-state index is 2.50. The van der Waals surface area contributed by atoms with Crippen LogP contribution in [0.5, 0.6) is 0 Å². The van der Waals surface area contributed by atoms with E-state index in [9.17, 15) is 0 Å². The van der Waals surface area contributed by atoms with E-state index in [1.54, 1.807) is 0 Å². The molecule has 2 aromatic carbocycles. The van der Waals surface area contributed by atoms with Crippen molar-refractivity contribution in [2.24, 2.45) is 0 Å². The average molecular weight is 477 g/mol. The minimum absolute atomic E-state index is 0.0327. The SMILES string of the molecule is CC(C)(C)c1cc(C(C)(C)C)cc(C(C)(C)c2c(C(C)(C)C)ccc(C(C)(C)C)c2C(C)(C)C)c1. The van der Waals surface area contributed by atoms with E-state index in [-0.39, 0.29) is 32.5 Å². The first-order valence-corrected chi connectivity index (χ1v) is 13.6. The van der Waals surface area contributed by atoms with E-state index in [1.165, 1.54) is 38.9 Å². The summed E-state index contributed by atoms with van der Waals surface area (Å²) in [6.07, 6.45) is 0. The highest BCUT2D eigenvalue weighted by atomic mass is 14.4. The summed E-state index contributed by atoms with van der Waals surface area (Å²) in [5.74, 6) is 0. The Labute approximate surface area is 219 Å². The van der Waals surface area contributed by atoms with Crippen LogP contribution in [0, 0.1) is 0 Å². The first-order chi connectivity index (χ1) is 15.3. The van der Waals surface area contributed by atoms with E-state index in [4.69, 9.17) is 0 Å². The Morgan fingerprint density at radius 3 is 0.943 bits per heavy atom. The number of hydrogen-bond acceptors (Lipinski definition) is 0. The van der Waals surface area contributed by atoms with Crippen molar-refractivity contribution in [1.29, 1.82) is 0 Å². The standard InChI is InChI=1S/C35H56/c1-30(2,3)23-20-24(31(4,5)6)22-25(21-23)35(16,17)29-27(33(10,11)12)19-18-26(32(7,8)9)28(29)34(13,14)15/h18-22H,1-17H3. The van der Waals surface area contributed by atoms with Crippen molar-refractivity contribution in [3.05, 3.63) is 69.3 Å². The van der Waals surface area contributed by atoms with E-state index in [2.05, 4.69) is 148 Å². The lowest BCUT2D eigenvalue weighted by Gasteiger charge is -2.42. The Hall–Kier alpha value is -1.56. The summed E-state index contributed by atoms with van der Waals surface area (Å²) in [5, 5.41) is 0. The summed E-state index contributed by atoms with van der Waals surface area (Å²) in [7, 11) is 0. The zero-order valence-corrected chi connectivity index (χ0v) is 26.4. The van der Waals surface area contributed by atoms with Gasteiger partial charge in [-0.05, 0) is 66.0 Å². The van der Waals surface area contributed by atoms with Crippen molar-refractivity contribution < 1.29 is 0 Å². The molecule has 0 nitrogen and oxygen atoms in total. The van der Waals surface area contributed by atoms with Crippen molar-refractivity contribution in [3.8, 4) is 0 Å². The van der Waals surface area contributed by atoms with Gasteiger partial charge in [-0.25, -0.2) is 0 Å². The van der Waals surface area contributed by atoms with E-state index in [1.807, 2.05) is 0 Å². The lowest BCUT2D eigenvalue weighted by molar-refractivity contribution is 0.487. The van der Waals surface area contributed by atoms with Gasteiger partial charge < -0.3 is 0 Å². The molecule has 0 aliphatic rings. The molecular formula is C35H56. The van der Waals surface area contributed by atoms with Crippen molar-refractivity contribution >= 4 is 0 Å². The lowest BCUT2D eigenvalue weighted by atomic mass is 9.62. The topological polar surface area (TPSA) is 0 Å². The van der Waals surface area contributed by atoms with Gasteiger partial charge in [0.1, 0.15) is 0 Å². The molecule has 0 saturated heterocycles. The predicted octanol–water partition coefficient (Wildman–Crippen LogP) is 10.5. The van der Waals surface area contributed by atoms with Crippen LogP contribution in [0.15, 0.2) is 30.3 Å². The molecule has 35 heavy (non-hydrogen) atoms. The first-order valence-electron chi connectivity index (χ1n) is 13.6. The van der Waals surface area contributed by atoms with E-state index in [0.717, 1.165) is 0 Å². The van der Waals surface area contributed by atoms with Gasteiger partial charge in [-0.2, -0.15) is 0 Å². The molecule has 0 heterocycles. The van der Waals surface area contributed by atoms with Crippen LogP contribution < -0.4 is 0 Å². The summed E-state index contributed by atoms with van der Waals surface area (Å²) in [5.41, 5.74) is 10.5. The third-order valence-electron chi connectivity index (χ3n) is 7.58. The smallest absolute Gasteiger partial charge is 0.0152 e. The summed E-state index contributed by atoms with van der Waals surface area (Å²) >= 11 is 0. The molecule has 0 atom stereocenters. The number of hydrogen-bond donors (Lipinski definition) is 0. The fourth-order valence-electron chi connectivity index (χ4n) is 5.28. The average Bonchev–Trinajstić information content (AvgIpc) is 2.62. The Morgan fingerprint density at radius 2 is 0.657 bits per heavy atom. The molecule has 0 spiro atoms. The summed E-state index contributed by atoms with van der Waals surface area (Å²) in [6.45, 7) is 40.4. The Morgan fingerprint density at radius 1 is 0.343 bits per heavy atom. The van der Waals surface area contributed by atoms with Gasteiger partial charge in [-0.15, -0.1) is 0 Å². The molecule has 2 aromatic rings. The van der Waals surface area contributed by atoms with E-state index < -0.39 is 0 Å². The Bertz CT molecular complexity index is 1020. The molecule has 0 saturated carbocycles.